The fraction of sp³-hybridized carbons (Fsp3) is 0.364. The number of hydrogen-bond acceptors (Lipinski definition) is 3. The van der Waals surface area contributed by atoms with Crippen molar-refractivity contribution in [2.75, 3.05) is 18.4 Å². The standard InChI is InChI=1S/C11H14Cl2N2O2/c1-2-3-14-6-10(16)15-7-4-8(12)11(17)9(13)5-7/h4-5,14,17H,2-3,6H2,1H3,(H,15,16). The molecule has 0 radical (unpaired) electrons. The highest BCUT2D eigenvalue weighted by atomic mass is 35.5. The normalized spacial score (nSPS) is 10.3. The lowest BCUT2D eigenvalue weighted by molar-refractivity contribution is -0.115. The molecule has 0 bridgehead atoms. The summed E-state index contributed by atoms with van der Waals surface area (Å²) in [7, 11) is 0. The Balaban J connectivity index is 2.60. The van der Waals surface area contributed by atoms with Crippen molar-refractivity contribution in [1.29, 1.82) is 0 Å². The second kappa shape index (κ2) is 6.69. The van der Waals surface area contributed by atoms with E-state index in [1.165, 1.54) is 12.1 Å². The van der Waals surface area contributed by atoms with Gasteiger partial charge in [0.25, 0.3) is 0 Å². The van der Waals surface area contributed by atoms with Gasteiger partial charge in [-0.15, -0.1) is 0 Å². The van der Waals surface area contributed by atoms with Crippen LogP contribution in [0.1, 0.15) is 13.3 Å². The van der Waals surface area contributed by atoms with Crippen LogP contribution in [0.25, 0.3) is 0 Å². The maximum atomic E-state index is 11.5. The number of anilines is 1. The van der Waals surface area contributed by atoms with Gasteiger partial charge >= 0.3 is 0 Å². The third-order valence-electron chi connectivity index (χ3n) is 2.01. The first-order chi connectivity index (χ1) is 8.04. The minimum absolute atomic E-state index is 0.106. The van der Waals surface area contributed by atoms with Crippen molar-refractivity contribution in [1.82, 2.24) is 5.32 Å². The Kier molecular flexibility index (Phi) is 5.55. The van der Waals surface area contributed by atoms with E-state index in [1.54, 1.807) is 0 Å². The van der Waals surface area contributed by atoms with Crippen LogP contribution in [0.3, 0.4) is 0 Å². The van der Waals surface area contributed by atoms with Crippen LogP contribution < -0.4 is 10.6 Å². The van der Waals surface area contributed by atoms with E-state index in [2.05, 4.69) is 10.6 Å². The molecule has 0 saturated heterocycles. The average Bonchev–Trinajstić information content (AvgIpc) is 2.26. The maximum absolute atomic E-state index is 11.5. The van der Waals surface area contributed by atoms with Gasteiger partial charge < -0.3 is 15.7 Å². The summed E-state index contributed by atoms with van der Waals surface area (Å²) in [5.74, 6) is -0.369. The lowest BCUT2D eigenvalue weighted by atomic mass is 10.3. The van der Waals surface area contributed by atoms with Crippen LogP contribution in [0.5, 0.6) is 5.75 Å². The van der Waals surface area contributed by atoms with Crippen LogP contribution >= 0.6 is 23.2 Å². The Morgan fingerprint density at radius 1 is 1.35 bits per heavy atom. The van der Waals surface area contributed by atoms with Gasteiger partial charge in [-0.1, -0.05) is 30.1 Å². The van der Waals surface area contributed by atoms with Gasteiger partial charge in [0.05, 0.1) is 16.6 Å². The van der Waals surface area contributed by atoms with Crippen molar-refractivity contribution in [2.24, 2.45) is 0 Å². The average molecular weight is 277 g/mol. The molecule has 0 fully saturated rings. The Hall–Kier alpha value is -0.970. The first-order valence-electron chi connectivity index (χ1n) is 5.23. The van der Waals surface area contributed by atoms with Gasteiger partial charge in [-0.05, 0) is 25.1 Å². The summed E-state index contributed by atoms with van der Waals surface area (Å²) in [4.78, 5) is 11.5. The number of nitrogens with one attached hydrogen (secondary N) is 2. The van der Waals surface area contributed by atoms with Crippen molar-refractivity contribution in [3.8, 4) is 5.75 Å². The van der Waals surface area contributed by atoms with E-state index < -0.39 is 0 Å². The van der Waals surface area contributed by atoms with Gasteiger partial charge in [0.2, 0.25) is 5.91 Å². The summed E-state index contributed by atoms with van der Waals surface area (Å²) in [6.45, 7) is 3.03. The van der Waals surface area contributed by atoms with Gasteiger partial charge in [0.15, 0.2) is 5.75 Å². The Morgan fingerprint density at radius 2 is 1.94 bits per heavy atom. The van der Waals surface area contributed by atoms with Crippen molar-refractivity contribution in [3.05, 3.63) is 22.2 Å². The smallest absolute Gasteiger partial charge is 0.238 e. The lowest BCUT2D eigenvalue weighted by Gasteiger charge is -2.08. The molecule has 1 aromatic carbocycles. The number of amides is 1. The molecule has 0 aliphatic rings. The molecule has 0 aliphatic carbocycles. The van der Waals surface area contributed by atoms with E-state index in [4.69, 9.17) is 23.2 Å². The van der Waals surface area contributed by atoms with Crippen LogP contribution in [-0.2, 0) is 4.79 Å². The molecular weight excluding hydrogens is 263 g/mol. The molecule has 1 aromatic rings. The molecule has 0 atom stereocenters. The number of carbonyl (C=O) groups excluding carboxylic acids is 1. The van der Waals surface area contributed by atoms with Crippen LogP contribution in [-0.4, -0.2) is 24.1 Å². The zero-order valence-electron chi connectivity index (χ0n) is 9.39. The van der Waals surface area contributed by atoms with Crippen LogP contribution in [0.4, 0.5) is 5.69 Å². The third-order valence-corrected chi connectivity index (χ3v) is 2.59. The third kappa shape index (κ3) is 4.42. The Labute approximate surface area is 110 Å². The van der Waals surface area contributed by atoms with Gasteiger partial charge in [0.1, 0.15) is 0 Å². The monoisotopic (exact) mass is 276 g/mol. The highest BCUT2D eigenvalue weighted by molar-refractivity contribution is 6.37. The molecule has 4 nitrogen and oxygen atoms in total. The largest absolute Gasteiger partial charge is 0.505 e. The van der Waals surface area contributed by atoms with E-state index in [9.17, 15) is 9.90 Å². The topological polar surface area (TPSA) is 61.4 Å². The highest BCUT2D eigenvalue weighted by Crippen LogP contribution is 2.34. The number of benzene rings is 1. The van der Waals surface area contributed by atoms with Crippen molar-refractivity contribution in [3.63, 3.8) is 0 Å². The molecule has 0 heterocycles. The van der Waals surface area contributed by atoms with E-state index in [0.29, 0.717) is 5.69 Å². The Bertz CT molecular complexity index is 387. The van der Waals surface area contributed by atoms with E-state index in [1.807, 2.05) is 6.92 Å². The number of phenolic OH excluding ortho intramolecular Hbond substituents is 1. The molecule has 0 aliphatic heterocycles. The predicted octanol–water partition coefficient (Wildman–Crippen LogP) is 2.64. The van der Waals surface area contributed by atoms with E-state index >= 15 is 0 Å². The van der Waals surface area contributed by atoms with Crippen LogP contribution in [0.15, 0.2) is 12.1 Å². The second-order valence-corrected chi connectivity index (χ2v) is 4.33. The zero-order valence-corrected chi connectivity index (χ0v) is 10.9. The first-order valence-corrected chi connectivity index (χ1v) is 5.98. The number of carbonyl (C=O) groups is 1. The molecule has 17 heavy (non-hydrogen) atoms. The first kappa shape index (κ1) is 14.1. The van der Waals surface area contributed by atoms with Crippen molar-refractivity contribution >= 4 is 34.8 Å². The Morgan fingerprint density at radius 3 is 2.47 bits per heavy atom. The van der Waals surface area contributed by atoms with E-state index in [0.717, 1.165) is 13.0 Å². The fourth-order valence-corrected chi connectivity index (χ4v) is 1.71. The van der Waals surface area contributed by atoms with Crippen LogP contribution in [0.2, 0.25) is 10.0 Å². The number of aromatic hydroxyl groups is 1. The fourth-order valence-electron chi connectivity index (χ4n) is 1.22. The molecular formula is C11H14Cl2N2O2. The summed E-state index contributed by atoms with van der Waals surface area (Å²) >= 11 is 11.5. The number of rotatable bonds is 5. The van der Waals surface area contributed by atoms with Gasteiger partial charge in [-0.25, -0.2) is 0 Å². The van der Waals surface area contributed by atoms with Gasteiger partial charge in [0, 0.05) is 5.69 Å². The molecule has 0 unspecified atom stereocenters. The molecule has 1 rings (SSSR count). The summed E-state index contributed by atoms with van der Waals surface area (Å²) in [5.41, 5.74) is 0.459. The quantitative estimate of drug-likeness (QED) is 0.572. The molecule has 0 aromatic heterocycles. The summed E-state index contributed by atoms with van der Waals surface area (Å²) in [6.07, 6.45) is 0.962. The molecule has 6 heteroatoms. The second-order valence-electron chi connectivity index (χ2n) is 3.51. The number of hydrogen-bond donors (Lipinski definition) is 3. The summed E-state index contributed by atoms with van der Waals surface area (Å²) < 4.78 is 0. The van der Waals surface area contributed by atoms with Crippen LogP contribution in [0, 0.1) is 0 Å². The summed E-state index contributed by atoms with van der Waals surface area (Å²) in [6, 6.07) is 2.89. The lowest BCUT2D eigenvalue weighted by Crippen LogP contribution is -2.28. The predicted molar refractivity (Wildman–Crippen MR) is 69.9 cm³/mol. The number of halogens is 2. The zero-order chi connectivity index (χ0) is 12.8. The molecule has 3 N–H and O–H groups in total. The van der Waals surface area contributed by atoms with Crippen molar-refractivity contribution in [2.45, 2.75) is 13.3 Å². The minimum Gasteiger partial charge on any atom is -0.505 e. The summed E-state index contributed by atoms with van der Waals surface area (Å²) in [5, 5.41) is 15.2. The SMILES string of the molecule is CCCNCC(=O)Nc1cc(Cl)c(O)c(Cl)c1. The van der Waals surface area contributed by atoms with Crippen molar-refractivity contribution < 1.29 is 9.90 Å². The number of phenols is 1. The van der Waals surface area contributed by atoms with E-state index in [-0.39, 0.29) is 28.2 Å². The maximum Gasteiger partial charge on any atom is 0.238 e. The molecule has 94 valence electrons. The molecule has 1 amide bonds. The highest BCUT2D eigenvalue weighted by Gasteiger charge is 2.08. The van der Waals surface area contributed by atoms with Gasteiger partial charge in [-0.2, -0.15) is 0 Å². The molecule has 0 spiro atoms. The minimum atomic E-state index is -0.185. The van der Waals surface area contributed by atoms with Gasteiger partial charge in [-0.3, -0.25) is 4.79 Å². The molecule has 0 saturated carbocycles.